The van der Waals surface area contributed by atoms with Gasteiger partial charge < -0.3 is 14.8 Å². The van der Waals surface area contributed by atoms with E-state index in [9.17, 15) is 0 Å². The summed E-state index contributed by atoms with van der Waals surface area (Å²) in [6, 6.07) is 8.50. The molecular formula is C18H27N3O2. The van der Waals surface area contributed by atoms with Crippen molar-refractivity contribution in [2.75, 3.05) is 13.7 Å². The van der Waals surface area contributed by atoms with Gasteiger partial charge in [0.2, 0.25) is 0 Å². The van der Waals surface area contributed by atoms with E-state index in [0.717, 1.165) is 30.1 Å². The maximum Gasteiger partial charge on any atom is 0.124 e. The van der Waals surface area contributed by atoms with Crippen LogP contribution in [0.15, 0.2) is 30.5 Å². The zero-order valence-electron chi connectivity index (χ0n) is 14.5. The third-order valence-corrected chi connectivity index (χ3v) is 3.85. The van der Waals surface area contributed by atoms with Crippen LogP contribution in [0.1, 0.15) is 43.6 Å². The Bertz CT molecular complexity index is 610. The second-order valence-electron chi connectivity index (χ2n) is 5.48. The summed E-state index contributed by atoms with van der Waals surface area (Å²) in [5.41, 5.74) is 3.36. The molecule has 0 aliphatic carbocycles. The summed E-state index contributed by atoms with van der Waals surface area (Å²) in [5, 5.41) is 8.06. The average Bonchev–Trinajstić information content (AvgIpc) is 3.07. The quantitative estimate of drug-likeness (QED) is 0.771. The van der Waals surface area contributed by atoms with Crippen LogP contribution in [0.3, 0.4) is 0 Å². The van der Waals surface area contributed by atoms with Crippen molar-refractivity contribution < 1.29 is 9.47 Å². The monoisotopic (exact) mass is 317 g/mol. The number of rotatable bonds is 9. The predicted molar refractivity (Wildman–Crippen MR) is 91.5 cm³/mol. The van der Waals surface area contributed by atoms with Crippen LogP contribution in [0.5, 0.6) is 5.75 Å². The van der Waals surface area contributed by atoms with Crippen LogP contribution >= 0.6 is 0 Å². The van der Waals surface area contributed by atoms with Crippen LogP contribution in [0.25, 0.3) is 0 Å². The molecule has 1 heterocycles. The minimum atomic E-state index is 0.209. The molecule has 0 aliphatic rings. The Morgan fingerprint density at radius 1 is 1.26 bits per heavy atom. The number of methoxy groups -OCH3 is 1. The summed E-state index contributed by atoms with van der Waals surface area (Å²) >= 11 is 0. The molecule has 0 fully saturated rings. The van der Waals surface area contributed by atoms with Gasteiger partial charge in [0, 0.05) is 37.5 Å². The molecular weight excluding hydrogens is 290 g/mol. The first-order chi connectivity index (χ1) is 11.2. The third kappa shape index (κ3) is 4.81. The van der Waals surface area contributed by atoms with Gasteiger partial charge >= 0.3 is 0 Å². The summed E-state index contributed by atoms with van der Waals surface area (Å²) in [4.78, 5) is 0. The average molecular weight is 317 g/mol. The Labute approximate surface area is 138 Å². The zero-order chi connectivity index (χ0) is 16.7. The van der Waals surface area contributed by atoms with E-state index in [2.05, 4.69) is 42.5 Å². The molecule has 1 atom stereocenters. The van der Waals surface area contributed by atoms with Gasteiger partial charge in [-0.3, -0.25) is 4.68 Å². The number of hydrogen-bond acceptors (Lipinski definition) is 4. The van der Waals surface area contributed by atoms with E-state index in [0.29, 0.717) is 13.2 Å². The molecule has 0 aliphatic heterocycles. The highest BCUT2D eigenvalue weighted by molar-refractivity contribution is 5.37. The summed E-state index contributed by atoms with van der Waals surface area (Å²) in [6.07, 6.45) is 2.01. The molecule has 0 spiro atoms. The summed E-state index contributed by atoms with van der Waals surface area (Å²) in [6.45, 7) is 9.16. The van der Waals surface area contributed by atoms with Gasteiger partial charge in [-0.2, -0.15) is 5.10 Å². The fraction of sp³-hybridized carbons (Fsp3) is 0.500. The number of aromatic nitrogens is 2. The van der Waals surface area contributed by atoms with Crippen molar-refractivity contribution in [2.24, 2.45) is 0 Å². The van der Waals surface area contributed by atoms with Crippen LogP contribution < -0.4 is 10.1 Å². The van der Waals surface area contributed by atoms with Crippen LogP contribution in [0.2, 0.25) is 0 Å². The third-order valence-electron chi connectivity index (χ3n) is 3.85. The van der Waals surface area contributed by atoms with Gasteiger partial charge in [0.1, 0.15) is 5.75 Å². The van der Waals surface area contributed by atoms with Crippen molar-refractivity contribution in [3.8, 4) is 5.75 Å². The lowest BCUT2D eigenvalue weighted by atomic mass is 10.1. The minimum absolute atomic E-state index is 0.209. The summed E-state index contributed by atoms with van der Waals surface area (Å²) in [5.74, 6) is 0.872. The van der Waals surface area contributed by atoms with E-state index >= 15 is 0 Å². The predicted octanol–water partition coefficient (Wildman–Crippen LogP) is 3.30. The molecule has 0 bridgehead atoms. The fourth-order valence-electron chi connectivity index (χ4n) is 2.43. The Hall–Kier alpha value is -1.85. The van der Waals surface area contributed by atoms with Gasteiger partial charge in [0.25, 0.3) is 0 Å². The lowest BCUT2D eigenvalue weighted by Crippen LogP contribution is -2.19. The van der Waals surface area contributed by atoms with E-state index in [-0.39, 0.29) is 6.04 Å². The van der Waals surface area contributed by atoms with Crippen molar-refractivity contribution in [2.45, 2.75) is 46.5 Å². The second-order valence-corrected chi connectivity index (χ2v) is 5.48. The van der Waals surface area contributed by atoms with E-state index < -0.39 is 0 Å². The molecule has 0 amide bonds. The van der Waals surface area contributed by atoms with Gasteiger partial charge in [-0.15, -0.1) is 0 Å². The smallest absolute Gasteiger partial charge is 0.124 e. The summed E-state index contributed by atoms with van der Waals surface area (Å²) < 4.78 is 12.9. The van der Waals surface area contributed by atoms with E-state index in [4.69, 9.17) is 9.47 Å². The van der Waals surface area contributed by atoms with Gasteiger partial charge in [0.15, 0.2) is 0 Å². The number of nitrogens with one attached hydrogen (secondary N) is 1. The van der Waals surface area contributed by atoms with Crippen LogP contribution in [0, 0.1) is 0 Å². The maximum absolute atomic E-state index is 5.51. The normalized spacial score (nSPS) is 12.3. The van der Waals surface area contributed by atoms with Gasteiger partial charge in [-0.05, 0) is 44.5 Å². The first-order valence-corrected chi connectivity index (χ1v) is 8.18. The number of nitrogens with zero attached hydrogens (tertiary/aromatic N) is 2. The molecule has 0 saturated heterocycles. The molecule has 1 N–H and O–H groups in total. The highest BCUT2D eigenvalue weighted by Crippen LogP contribution is 2.21. The molecule has 0 saturated carbocycles. The highest BCUT2D eigenvalue weighted by atomic mass is 16.5. The zero-order valence-corrected chi connectivity index (χ0v) is 14.5. The molecule has 5 nitrogen and oxygen atoms in total. The van der Waals surface area contributed by atoms with Crippen molar-refractivity contribution in [3.05, 3.63) is 47.3 Å². The Kier molecular flexibility index (Phi) is 6.62. The van der Waals surface area contributed by atoms with E-state index in [1.165, 1.54) is 5.56 Å². The molecule has 1 unspecified atom stereocenters. The molecule has 126 valence electrons. The van der Waals surface area contributed by atoms with Crippen LogP contribution in [-0.4, -0.2) is 23.5 Å². The van der Waals surface area contributed by atoms with Gasteiger partial charge in [-0.1, -0.05) is 6.07 Å². The van der Waals surface area contributed by atoms with Gasteiger partial charge in [-0.25, -0.2) is 0 Å². The van der Waals surface area contributed by atoms with Crippen molar-refractivity contribution >= 4 is 0 Å². The number of aryl methyl sites for hydroxylation is 1. The van der Waals surface area contributed by atoms with Crippen LogP contribution in [-0.2, 0) is 24.4 Å². The Morgan fingerprint density at radius 3 is 2.74 bits per heavy atom. The maximum atomic E-state index is 5.51. The van der Waals surface area contributed by atoms with Crippen molar-refractivity contribution in [1.29, 1.82) is 0 Å². The molecule has 1 aromatic carbocycles. The van der Waals surface area contributed by atoms with Crippen molar-refractivity contribution in [3.63, 3.8) is 0 Å². The SMILES string of the molecule is CCOCc1cc(CNC(C)c2ccn(CC)n2)ccc1OC. The Morgan fingerprint density at radius 2 is 2.09 bits per heavy atom. The van der Waals surface area contributed by atoms with E-state index in [1.807, 2.05) is 23.9 Å². The lowest BCUT2D eigenvalue weighted by Gasteiger charge is -2.14. The number of benzene rings is 1. The molecule has 2 rings (SSSR count). The molecule has 23 heavy (non-hydrogen) atoms. The van der Waals surface area contributed by atoms with Gasteiger partial charge in [0.05, 0.1) is 19.4 Å². The first kappa shape index (κ1) is 17.5. The molecule has 5 heteroatoms. The molecule has 1 aromatic heterocycles. The minimum Gasteiger partial charge on any atom is -0.496 e. The largest absolute Gasteiger partial charge is 0.496 e. The first-order valence-electron chi connectivity index (χ1n) is 8.18. The van der Waals surface area contributed by atoms with E-state index in [1.54, 1.807) is 7.11 Å². The number of hydrogen-bond donors (Lipinski definition) is 1. The lowest BCUT2D eigenvalue weighted by molar-refractivity contribution is 0.132. The molecule has 0 radical (unpaired) electrons. The molecule has 2 aromatic rings. The van der Waals surface area contributed by atoms with Crippen molar-refractivity contribution in [1.82, 2.24) is 15.1 Å². The van der Waals surface area contributed by atoms with Crippen LogP contribution in [0.4, 0.5) is 0 Å². The standard InChI is InChI=1S/C18H27N3O2/c1-5-21-10-9-17(20-21)14(3)19-12-15-7-8-18(22-4)16(11-15)13-23-6-2/h7-11,14,19H,5-6,12-13H2,1-4H3. The number of ether oxygens (including phenoxy) is 2. The topological polar surface area (TPSA) is 48.3 Å². The summed E-state index contributed by atoms with van der Waals surface area (Å²) in [7, 11) is 1.69. The highest BCUT2D eigenvalue weighted by Gasteiger charge is 2.09. The fourth-order valence-corrected chi connectivity index (χ4v) is 2.43. The second kappa shape index (κ2) is 8.70. The Balaban J connectivity index is 1.99.